The van der Waals surface area contributed by atoms with E-state index >= 15 is 0 Å². The Kier molecular flexibility index (Phi) is 5.69. The molecule has 0 saturated carbocycles. The zero-order chi connectivity index (χ0) is 22.1. The van der Waals surface area contributed by atoms with Gasteiger partial charge in [0.2, 0.25) is 5.91 Å². The summed E-state index contributed by atoms with van der Waals surface area (Å²) >= 11 is 1.68. The second-order valence-electron chi connectivity index (χ2n) is 7.24. The number of para-hydroxylation sites is 1. The molecule has 2 aromatic rings. The Bertz CT molecular complexity index is 1060. The molecule has 1 fully saturated rings. The van der Waals surface area contributed by atoms with Gasteiger partial charge >= 0.3 is 17.8 Å². The van der Waals surface area contributed by atoms with Gasteiger partial charge in [0, 0.05) is 16.7 Å². The van der Waals surface area contributed by atoms with E-state index in [0.717, 1.165) is 21.9 Å². The number of thioether (sulfide) groups is 1. The Morgan fingerprint density at radius 3 is 2.48 bits per heavy atom. The van der Waals surface area contributed by atoms with Crippen molar-refractivity contribution in [1.29, 1.82) is 0 Å². The van der Waals surface area contributed by atoms with E-state index in [4.69, 9.17) is 4.74 Å². The van der Waals surface area contributed by atoms with Crippen LogP contribution in [0, 0.1) is 0 Å². The molecule has 2 aliphatic rings. The van der Waals surface area contributed by atoms with E-state index in [2.05, 4.69) is 6.92 Å². The molecule has 31 heavy (non-hydrogen) atoms. The number of ether oxygens (including phenoxy) is 1. The van der Waals surface area contributed by atoms with Gasteiger partial charge in [0.25, 0.3) is 0 Å². The molecule has 5 amide bonds. The monoisotopic (exact) mass is 439 g/mol. The van der Waals surface area contributed by atoms with E-state index in [1.54, 1.807) is 28.8 Å². The Labute approximate surface area is 183 Å². The van der Waals surface area contributed by atoms with Crippen LogP contribution in [0.1, 0.15) is 13.3 Å². The Hall–Kier alpha value is -3.33. The normalized spacial score (nSPS) is 18.8. The molecule has 160 valence electrons. The molecule has 9 heteroatoms. The van der Waals surface area contributed by atoms with Crippen LogP contribution in [0.5, 0.6) is 5.75 Å². The van der Waals surface area contributed by atoms with Gasteiger partial charge < -0.3 is 9.64 Å². The number of carbonyl (C=O) groups excluding carboxylic acids is 4. The van der Waals surface area contributed by atoms with Crippen molar-refractivity contribution in [3.63, 3.8) is 0 Å². The predicted octanol–water partition coefficient (Wildman–Crippen LogP) is 2.91. The summed E-state index contributed by atoms with van der Waals surface area (Å²) in [4.78, 5) is 55.1. The van der Waals surface area contributed by atoms with Gasteiger partial charge in [-0.15, -0.1) is 11.8 Å². The third-order valence-corrected chi connectivity index (χ3v) is 6.46. The van der Waals surface area contributed by atoms with Crippen molar-refractivity contribution in [2.24, 2.45) is 0 Å². The smallest absolute Gasteiger partial charge is 0.339 e. The van der Waals surface area contributed by atoms with Crippen LogP contribution < -0.4 is 14.5 Å². The lowest BCUT2D eigenvalue weighted by Crippen LogP contribution is -2.44. The summed E-state index contributed by atoms with van der Waals surface area (Å²) in [5, 5.41) is 0.321. The third kappa shape index (κ3) is 3.88. The molecule has 0 spiro atoms. The predicted molar refractivity (Wildman–Crippen MR) is 116 cm³/mol. The van der Waals surface area contributed by atoms with Gasteiger partial charge in [-0.3, -0.25) is 14.4 Å². The highest BCUT2D eigenvalue weighted by molar-refractivity contribution is 8.00. The molecule has 0 aromatic heterocycles. The van der Waals surface area contributed by atoms with E-state index in [9.17, 15) is 19.2 Å². The van der Waals surface area contributed by atoms with Crippen molar-refractivity contribution in [3.05, 3.63) is 48.5 Å². The second-order valence-corrected chi connectivity index (χ2v) is 8.72. The van der Waals surface area contributed by atoms with Crippen molar-refractivity contribution in [2.45, 2.75) is 23.5 Å². The fourth-order valence-corrected chi connectivity index (χ4v) is 4.68. The Balaban J connectivity index is 1.56. The fraction of sp³-hybridized carbons (Fsp3) is 0.273. The maximum Gasteiger partial charge on any atom is 0.339 e. The number of benzene rings is 2. The summed E-state index contributed by atoms with van der Waals surface area (Å²) in [6, 6.07) is 12.9. The zero-order valence-corrected chi connectivity index (χ0v) is 17.9. The van der Waals surface area contributed by atoms with Gasteiger partial charge in [0.1, 0.15) is 12.3 Å². The minimum atomic E-state index is -1.01. The van der Waals surface area contributed by atoms with Gasteiger partial charge in [0.15, 0.2) is 0 Å². The number of methoxy groups -OCH3 is 1. The first-order chi connectivity index (χ1) is 14.9. The lowest BCUT2D eigenvalue weighted by Gasteiger charge is -2.24. The SMILES string of the molecule is COc1ccc(N2C(=O)C(=O)N(CC(=O)N3CC[C@H](C)Sc4ccccc43)C2=O)cc1. The number of hydrogen-bond acceptors (Lipinski definition) is 6. The van der Waals surface area contributed by atoms with Crippen LogP contribution in [0.4, 0.5) is 16.2 Å². The van der Waals surface area contributed by atoms with Crippen LogP contribution in [0.2, 0.25) is 0 Å². The number of fused-ring (bicyclic) bond motifs is 1. The molecule has 2 heterocycles. The molecule has 0 aliphatic carbocycles. The van der Waals surface area contributed by atoms with E-state index in [1.165, 1.54) is 19.2 Å². The highest BCUT2D eigenvalue weighted by Crippen LogP contribution is 2.37. The molecular formula is C22H21N3O5S. The van der Waals surface area contributed by atoms with Crippen LogP contribution in [0.15, 0.2) is 53.4 Å². The van der Waals surface area contributed by atoms with Crippen LogP contribution in [0.25, 0.3) is 0 Å². The Morgan fingerprint density at radius 2 is 1.77 bits per heavy atom. The van der Waals surface area contributed by atoms with Gasteiger partial charge in [-0.05, 0) is 42.8 Å². The maximum atomic E-state index is 13.1. The summed E-state index contributed by atoms with van der Waals surface area (Å²) in [7, 11) is 1.50. The molecule has 0 unspecified atom stereocenters. The van der Waals surface area contributed by atoms with Crippen LogP contribution >= 0.6 is 11.8 Å². The zero-order valence-electron chi connectivity index (χ0n) is 17.1. The summed E-state index contributed by atoms with van der Waals surface area (Å²) in [5.41, 5.74) is 0.990. The van der Waals surface area contributed by atoms with E-state index in [-0.39, 0.29) is 5.69 Å². The number of urea groups is 1. The number of nitrogens with zero attached hydrogens (tertiary/aromatic N) is 3. The number of amides is 5. The molecule has 0 bridgehead atoms. The quantitative estimate of drug-likeness (QED) is 0.538. The first kappa shape index (κ1) is 20.9. The summed E-state index contributed by atoms with van der Waals surface area (Å²) in [6.45, 7) is 2.06. The molecule has 8 nitrogen and oxygen atoms in total. The molecule has 1 atom stereocenters. The number of imide groups is 2. The number of rotatable bonds is 4. The third-order valence-electron chi connectivity index (χ3n) is 5.22. The summed E-state index contributed by atoms with van der Waals surface area (Å²) in [6.07, 6.45) is 0.768. The van der Waals surface area contributed by atoms with Crippen molar-refractivity contribution >= 4 is 46.9 Å². The summed E-state index contributed by atoms with van der Waals surface area (Å²) in [5.74, 6) is -1.86. The molecule has 0 N–H and O–H groups in total. The second kappa shape index (κ2) is 8.43. The molecule has 0 radical (unpaired) electrons. The topological polar surface area (TPSA) is 87.2 Å². The highest BCUT2D eigenvalue weighted by atomic mass is 32.2. The lowest BCUT2D eigenvalue weighted by molar-refractivity contribution is -0.140. The maximum absolute atomic E-state index is 13.1. The van der Waals surface area contributed by atoms with Gasteiger partial charge in [-0.25, -0.2) is 14.6 Å². The van der Waals surface area contributed by atoms with Gasteiger partial charge in [-0.1, -0.05) is 19.1 Å². The minimum absolute atomic E-state index is 0.240. The van der Waals surface area contributed by atoms with Crippen LogP contribution in [0.3, 0.4) is 0 Å². The standard InChI is InChI=1S/C22H21N3O5S/c1-14-11-12-23(17-5-3-4-6-18(17)31-14)19(26)13-24-20(27)21(28)25(22(24)29)15-7-9-16(30-2)10-8-15/h3-10,14H,11-13H2,1-2H3/t14-/m0/s1. The van der Waals surface area contributed by atoms with E-state index in [0.29, 0.717) is 22.4 Å². The average molecular weight is 439 g/mol. The van der Waals surface area contributed by atoms with E-state index in [1.807, 2.05) is 24.3 Å². The fourth-order valence-electron chi connectivity index (χ4n) is 3.57. The molecule has 2 aliphatic heterocycles. The molecule has 4 rings (SSSR count). The first-order valence-electron chi connectivity index (χ1n) is 9.80. The van der Waals surface area contributed by atoms with Crippen LogP contribution in [-0.4, -0.2) is 54.1 Å². The average Bonchev–Trinajstić information content (AvgIpc) is 2.90. The summed E-state index contributed by atoms with van der Waals surface area (Å²) < 4.78 is 5.08. The number of carbonyl (C=O) groups is 4. The molecule has 2 aromatic carbocycles. The van der Waals surface area contributed by atoms with E-state index < -0.39 is 30.3 Å². The largest absolute Gasteiger partial charge is 0.497 e. The van der Waals surface area contributed by atoms with Crippen molar-refractivity contribution in [2.75, 3.05) is 30.0 Å². The molecular weight excluding hydrogens is 418 g/mol. The molecule has 1 saturated heterocycles. The number of hydrogen-bond donors (Lipinski definition) is 0. The highest BCUT2D eigenvalue weighted by Gasteiger charge is 2.46. The van der Waals surface area contributed by atoms with Crippen molar-refractivity contribution < 1.29 is 23.9 Å². The first-order valence-corrected chi connectivity index (χ1v) is 10.7. The van der Waals surface area contributed by atoms with Crippen molar-refractivity contribution in [1.82, 2.24) is 4.90 Å². The van der Waals surface area contributed by atoms with Crippen molar-refractivity contribution in [3.8, 4) is 5.75 Å². The minimum Gasteiger partial charge on any atom is -0.497 e. The lowest BCUT2D eigenvalue weighted by atomic mass is 10.2. The van der Waals surface area contributed by atoms with Crippen LogP contribution in [-0.2, 0) is 14.4 Å². The van der Waals surface area contributed by atoms with Gasteiger partial charge in [0.05, 0.1) is 18.5 Å². The number of anilines is 2. The van der Waals surface area contributed by atoms with Gasteiger partial charge in [-0.2, -0.15) is 0 Å². The Morgan fingerprint density at radius 1 is 1.06 bits per heavy atom.